The second kappa shape index (κ2) is 9.94. The van der Waals surface area contributed by atoms with Gasteiger partial charge in [0.25, 0.3) is 5.91 Å². The molecule has 0 spiro atoms. The third kappa shape index (κ3) is 6.17. The summed E-state index contributed by atoms with van der Waals surface area (Å²) < 4.78 is 10.6. The standard InChI is InChI=1S/C20H27NO5/c1-3-25-20(24)17-5-4-12-21(13-17)19(23)14-26-18-10-8-16(9-11-18)7-6-15(2)22/h8-11,17H,3-7,12-14H2,1-2H3. The van der Waals surface area contributed by atoms with Crippen molar-refractivity contribution in [3.8, 4) is 5.75 Å². The lowest BCUT2D eigenvalue weighted by Crippen LogP contribution is -2.44. The van der Waals surface area contributed by atoms with Gasteiger partial charge in [-0.25, -0.2) is 0 Å². The lowest BCUT2D eigenvalue weighted by molar-refractivity contribution is -0.151. The summed E-state index contributed by atoms with van der Waals surface area (Å²) in [4.78, 5) is 36.9. The molecule has 1 amide bonds. The molecule has 6 heteroatoms. The molecule has 1 aliphatic rings. The number of ketones is 1. The first-order chi connectivity index (χ1) is 12.5. The van der Waals surface area contributed by atoms with Crippen LogP contribution in [0.3, 0.4) is 0 Å². The summed E-state index contributed by atoms with van der Waals surface area (Å²) >= 11 is 0. The molecule has 0 radical (unpaired) electrons. The molecule has 142 valence electrons. The third-order valence-electron chi connectivity index (χ3n) is 4.45. The molecule has 2 rings (SSSR count). The van der Waals surface area contributed by atoms with Crippen molar-refractivity contribution in [3.63, 3.8) is 0 Å². The first-order valence-electron chi connectivity index (χ1n) is 9.15. The zero-order valence-electron chi connectivity index (χ0n) is 15.5. The zero-order chi connectivity index (χ0) is 18.9. The van der Waals surface area contributed by atoms with Crippen molar-refractivity contribution in [1.82, 2.24) is 4.90 Å². The third-order valence-corrected chi connectivity index (χ3v) is 4.45. The fourth-order valence-corrected chi connectivity index (χ4v) is 2.97. The Balaban J connectivity index is 1.80. The maximum Gasteiger partial charge on any atom is 0.310 e. The molecule has 0 aliphatic carbocycles. The Morgan fingerprint density at radius 1 is 1.19 bits per heavy atom. The van der Waals surface area contributed by atoms with Crippen molar-refractivity contribution in [2.24, 2.45) is 5.92 Å². The normalized spacial score (nSPS) is 16.8. The highest BCUT2D eigenvalue weighted by Gasteiger charge is 2.29. The summed E-state index contributed by atoms with van der Waals surface area (Å²) in [6.07, 6.45) is 2.78. The van der Waals surface area contributed by atoms with Gasteiger partial charge in [-0.3, -0.25) is 9.59 Å². The SMILES string of the molecule is CCOC(=O)C1CCCN(C(=O)COc2ccc(CCC(C)=O)cc2)C1. The van der Waals surface area contributed by atoms with E-state index in [1.165, 1.54) is 0 Å². The van der Waals surface area contributed by atoms with E-state index in [9.17, 15) is 14.4 Å². The largest absolute Gasteiger partial charge is 0.484 e. The van der Waals surface area contributed by atoms with Crippen molar-refractivity contribution in [1.29, 1.82) is 0 Å². The van der Waals surface area contributed by atoms with Gasteiger partial charge in [0.1, 0.15) is 11.5 Å². The van der Waals surface area contributed by atoms with Gasteiger partial charge < -0.3 is 19.2 Å². The fourth-order valence-electron chi connectivity index (χ4n) is 2.97. The lowest BCUT2D eigenvalue weighted by atomic mass is 9.98. The highest BCUT2D eigenvalue weighted by atomic mass is 16.5. The lowest BCUT2D eigenvalue weighted by Gasteiger charge is -2.31. The first-order valence-corrected chi connectivity index (χ1v) is 9.15. The van der Waals surface area contributed by atoms with Crippen LogP contribution in [-0.4, -0.2) is 48.9 Å². The summed E-state index contributed by atoms with van der Waals surface area (Å²) in [6, 6.07) is 7.42. The molecular weight excluding hydrogens is 334 g/mol. The molecule has 0 saturated carbocycles. The molecule has 0 N–H and O–H groups in total. The number of benzene rings is 1. The average Bonchev–Trinajstić information content (AvgIpc) is 2.65. The fraction of sp³-hybridized carbons (Fsp3) is 0.550. The van der Waals surface area contributed by atoms with Gasteiger partial charge in [0.05, 0.1) is 12.5 Å². The molecule has 1 heterocycles. The van der Waals surface area contributed by atoms with Crippen LogP contribution in [0.2, 0.25) is 0 Å². The Hall–Kier alpha value is -2.37. The molecule has 1 aliphatic heterocycles. The number of piperidine rings is 1. The maximum absolute atomic E-state index is 12.4. The Labute approximate surface area is 154 Å². The summed E-state index contributed by atoms with van der Waals surface area (Å²) in [5, 5.41) is 0. The molecular formula is C20H27NO5. The summed E-state index contributed by atoms with van der Waals surface area (Å²) in [5.41, 5.74) is 1.06. The second-order valence-electron chi connectivity index (χ2n) is 6.57. The predicted octanol–water partition coefficient (Wildman–Crippen LogP) is 2.39. The van der Waals surface area contributed by atoms with E-state index in [1.807, 2.05) is 12.1 Å². The van der Waals surface area contributed by atoms with Crippen LogP contribution in [0.4, 0.5) is 0 Å². The Morgan fingerprint density at radius 2 is 1.92 bits per heavy atom. The van der Waals surface area contributed by atoms with Crippen LogP contribution in [0.1, 0.15) is 38.7 Å². The Kier molecular flexibility index (Phi) is 7.63. The minimum absolute atomic E-state index is 0.0532. The Morgan fingerprint density at radius 3 is 2.58 bits per heavy atom. The smallest absolute Gasteiger partial charge is 0.310 e. The molecule has 1 atom stereocenters. The molecule has 1 unspecified atom stereocenters. The molecule has 26 heavy (non-hydrogen) atoms. The number of rotatable bonds is 8. The number of hydrogen-bond donors (Lipinski definition) is 0. The van der Waals surface area contributed by atoms with Crippen LogP contribution in [0.25, 0.3) is 0 Å². The summed E-state index contributed by atoms with van der Waals surface area (Å²) in [6.45, 7) is 4.70. The van der Waals surface area contributed by atoms with Crippen LogP contribution in [0.15, 0.2) is 24.3 Å². The van der Waals surface area contributed by atoms with E-state index >= 15 is 0 Å². The number of ether oxygens (including phenoxy) is 2. The van der Waals surface area contributed by atoms with Gasteiger partial charge >= 0.3 is 5.97 Å². The first kappa shape index (κ1) is 19.9. The molecule has 1 aromatic rings. The van der Waals surface area contributed by atoms with Crippen molar-refractivity contribution in [3.05, 3.63) is 29.8 Å². The summed E-state index contributed by atoms with van der Waals surface area (Å²) in [7, 11) is 0. The van der Waals surface area contributed by atoms with Crippen LogP contribution in [0, 0.1) is 5.92 Å². The van der Waals surface area contributed by atoms with Crippen LogP contribution in [-0.2, 0) is 25.5 Å². The van der Waals surface area contributed by atoms with Gasteiger partial charge in [0, 0.05) is 19.5 Å². The van der Waals surface area contributed by atoms with Crippen molar-refractivity contribution < 1.29 is 23.9 Å². The van der Waals surface area contributed by atoms with E-state index in [-0.39, 0.29) is 30.2 Å². The van der Waals surface area contributed by atoms with Gasteiger partial charge in [0.2, 0.25) is 0 Å². The molecule has 6 nitrogen and oxygen atoms in total. The number of aryl methyl sites for hydroxylation is 1. The molecule has 1 fully saturated rings. The van der Waals surface area contributed by atoms with Gasteiger partial charge in [-0.1, -0.05) is 12.1 Å². The van der Waals surface area contributed by atoms with Crippen LogP contribution >= 0.6 is 0 Å². The van der Waals surface area contributed by atoms with Gasteiger partial charge in [0.15, 0.2) is 6.61 Å². The predicted molar refractivity (Wildman–Crippen MR) is 96.9 cm³/mol. The van der Waals surface area contributed by atoms with E-state index in [0.29, 0.717) is 38.3 Å². The number of likely N-dealkylation sites (tertiary alicyclic amines) is 1. The van der Waals surface area contributed by atoms with Crippen molar-refractivity contribution in [2.75, 3.05) is 26.3 Å². The number of esters is 1. The van der Waals surface area contributed by atoms with Crippen molar-refractivity contribution >= 4 is 17.7 Å². The number of hydrogen-bond acceptors (Lipinski definition) is 5. The van der Waals surface area contributed by atoms with Gasteiger partial charge in [-0.2, -0.15) is 0 Å². The van der Waals surface area contributed by atoms with Crippen LogP contribution in [0.5, 0.6) is 5.75 Å². The molecule has 1 saturated heterocycles. The van der Waals surface area contributed by atoms with E-state index in [2.05, 4.69) is 0 Å². The zero-order valence-corrected chi connectivity index (χ0v) is 15.5. The minimum atomic E-state index is -0.242. The highest BCUT2D eigenvalue weighted by Crippen LogP contribution is 2.19. The van der Waals surface area contributed by atoms with Crippen LogP contribution < -0.4 is 4.74 Å². The van der Waals surface area contributed by atoms with E-state index < -0.39 is 0 Å². The number of Topliss-reactive ketones (excluding diaryl/α,β-unsaturated/α-hetero) is 1. The Bertz CT molecular complexity index is 626. The summed E-state index contributed by atoms with van der Waals surface area (Å²) in [5.74, 6) is 0.183. The van der Waals surface area contributed by atoms with Gasteiger partial charge in [-0.15, -0.1) is 0 Å². The average molecular weight is 361 g/mol. The van der Waals surface area contributed by atoms with Gasteiger partial charge in [-0.05, 0) is 50.8 Å². The van der Waals surface area contributed by atoms with Crippen molar-refractivity contribution in [2.45, 2.75) is 39.5 Å². The molecule has 0 bridgehead atoms. The highest BCUT2D eigenvalue weighted by molar-refractivity contribution is 5.79. The number of carbonyl (C=O) groups is 3. The minimum Gasteiger partial charge on any atom is -0.484 e. The monoisotopic (exact) mass is 361 g/mol. The van der Waals surface area contributed by atoms with E-state index in [4.69, 9.17) is 9.47 Å². The number of carbonyl (C=O) groups excluding carboxylic acids is 3. The second-order valence-corrected chi connectivity index (χ2v) is 6.57. The molecule has 0 aromatic heterocycles. The quantitative estimate of drug-likeness (QED) is 0.665. The van der Waals surface area contributed by atoms with E-state index in [0.717, 1.165) is 18.4 Å². The maximum atomic E-state index is 12.4. The van der Waals surface area contributed by atoms with E-state index in [1.54, 1.807) is 30.9 Å². The molecule has 1 aromatic carbocycles. The number of nitrogens with zero attached hydrogens (tertiary/aromatic N) is 1. The number of amides is 1. The topological polar surface area (TPSA) is 72.9 Å².